The Balaban J connectivity index is 1.03. The fraction of sp³-hybridized carbons (Fsp3) is 0.500. The number of nitrogens with zero attached hydrogens (tertiary/aromatic N) is 6. The summed E-state index contributed by atoms with van der Waals surface area (Å²) in [7, 11) is 1.65. The summed E-state index contributed by atoms with van der Waals surface area (Å²) in [6, 6.07) is 16.2. The van der Waals surface area contributed by atoms with E-state index < -0.39 is 5.41 Å². The van der Waals surface area contributed by atoms with Gasteiger partial charge in [-0.3, -0.25) is 19.3 Å². The fourth-order valence-electron chi connectivity index (χ4n) is 10.4. The fourth-order valence-corrected chi connectivity index (χ4v) is 10.4. The molecule has 2 atom stereocenters. The third-order valence-electron chi connectivity index (χ3n) is 13.6. The highest BCUT2D eigenvalue weighted by Crippen LogP contribution is 2.53. The van der Waals surface area contributed by atoms with Crippen LogP contribution >= 0.6 is 0 Å². The van der Waals surface area contributed by atoms with E-state index in [4.69, 9.17) is 9.97 Å². The van der Waals surface area contributed by atoms with Crippen molar-refractivity contribution < 1.29 is 14.4 Å². The van der Waals surface area contributed by atoms with E-state index >= 15 is 0 Å². The molecule has 1 spiro atoms. The van der Waals surface area contributed by atoms with Crippen molar-refractivity contribution in [1.29, 1.82) is 0 Å². The molecule has 0 unspecified atom stereocenters. The molecule has 5 fully saturated rings. The van der Waals surface area contributed by atoms with Gasteiger partial charge in [-0.25, -0.2) is 9.97 Å². The summed E-state index contributed by atoms with van der Waals surface area (Å²) < 4.78 is 2.22. The summed E-state index contributed by atoms with van der Waals surface area (Å²) in [4.78, 5) is 56.7. The maximum atomic E-state index is 14.8. The normalized spacial score (nSPS) is 26.0. The molecule has 274 valence electrons. The predicted molar refractivity (Wildman–Crippen MR) is 204 cm³/mol. The number of piperidine rings is 2. The lowest BCUT2D eigenvalue weighted by atomic mass is 9.73. The molecule has 2 N–H and O–H groups in total. The second-order valence-electron chi connectivity index (χ2n) is 16.6. The molecule has 3 aliphatic carbocycles. The maximum absolute atomic E-state index is 14.8. The van der Waals surface area contributed by atoms with Crippen LogP contribution in [0.2, 0.25) is 0 Å². The number of carbonyl (C=O) groups is 3. The smallest absolute Gasteiger partial charge is 0.251 e. The molecular formula is C42H48N8O3. The van der Waals surface area contributed by atoms with Crippen LogP contribution in [0.4, 0.5) is 17.2 Å². The van der Waals surface area contributed by atoms with E-state index in [1.54, 1.807) is 14.0 Å². The van der Waals surface area contributed by atoms with Gasteiger partial charge in [0.05, 0.1) is 23.0 Å². The third kappa shape index (κ3) is 5.21. The highest BCUT2D eigenvalue weighted by atomic mass is 16.2. The number of anilines is 3. The first kappa shape index (κ1) is 32.8. The van der Waals surface area contributed by atoms with Gasteiger partial charge in [-0.15, -0.1) is 0 Å². The average Bonchev–Trinajstić information content (AvgIpc) is 3.45. The van der Waals surface area contributed by atoms with E-state index in [0.29, 0.717) is 49.4 Å². The number of carbonyl (C=O) groups excluding carboxylic acids is 3. The minimum Gasteiger partial charge on any atom is -0.355 e. The molecule has 3 saturated carbocycles. The van der Waals surface area contributed by atoms with Gasteiger partial charge in [0.1, 0.15) is 5.52 Å². The lowest BCUT2D eigenvalue weighted by Gasteiger charge is -2.48. The summed E-state index contributed by atoms with van der Waals surface area (Å²) in [6.07, 6.45) is 11.5. The maximum Gasteiger partial charge on any atom is 0.251 e. The van der Waals surface area contributed by atoms with Crippen molar-refractivity contribution in [3.8, 4) is 11.3 Å². The largest absolute Gasteiger partial charge is 0.355 e. The Kier molecular flexibility index (Phi) is 7.52. The van der Waals surface area contributed by atoms with Crippen molar-refractivity contribution >= 4 is 45.9 Å². The summed E-state index contributed by atoms with van der Waals surface area (Å²) >= 11 is 0. The summed E-state index contributed by atoms with van der Waals surface area (Å²) in [5.74, 6) is 1.70. The van der Waals surface area contributed by atoms with Gasteiger partial charge in [0, 0.05) is 80.3 Å². The molecule has 0 radical (unpaired) electrons. The van der Waals surface area contributed by atoms with E-state index in [1.165, 1.54) is 25.8 Å². The van der Waals surface area contributed by atoms with Crippen molar-refractivity contribution in [3.05, 3.63) is 65.5 Å². The van der Waals surface area contributed by atoms with Crippen LogP contribution in [-0.2, 0) is 15.0 Å². The lowest BCUT2D eigenvalue weighted by molar-refractivity contribution is -0.134. The average molecular weight is 713 g/mol. The summed E-state index contributed by atoms with van der Waals surface area (Å²) in [5, 5.41) is 6.32. The Hall–Kier alpha value is -4.77. The van der Waals surface area contributed by atoms with Gasteiger partial charge >= 0.3 is 0 Å². The number of hydrogen-bond acceptors (Lipinski definition) is 7. The minimum atomic E-state index is -0.612. The Labute approximate surface area is 310 Å². The lowest BCUT2D eigenvalue weighted by Crippen LogP contribution is -2.58. The third-order valence-corrected chi connectivity index (χ3v) is 13.6. The standard InChI is InChI=1S/C42H48N8O3/c1-24-4-7-28(18-33(24)40(52)43-3)45-39-38-36(44-23-49(38)29-9-10-29)21-35(46-39)27-6-11-34-37(17-27)50(41(53)42(34)12-14-47(15-13-42)25(2)51)32-19-31(20-32)48-22-26-5-8-30(48)16-26/h4,6-7,11,17-18,21,23,26,29-32H,5,8-10,12-16,19-20,22H2,1-3H3,(H,43,52)(H,45,46)/t26-,30+,31-,32+/m0/s1. The van der Waals surface area contributed by atoms with Crippen LogP contribution in [0.5, 0.6) is 0 Å². The van der Waals surface area contributed by atoms with Crippen LogP contribution in [0, 0.1) is 12.8 Å². The van der Waals surface area contributed by atoms with Gasteiger partial charge in [-0.05, 0) is 106 Å². The molecular weight excluding hydrogens is 665 g/mol. The number of hydrogen-bond donors (Lipinski definition) is 2. The molecule has 11 nitrogen and oxygen atoms in total. The van der Waals surface area contributed by atoms with Gasteiger partial charge < -0.3 is 25.0 Å². The SMILES string of the molecule is CNC(=O)c1cc(Nc2nc(-c3ccc4c(c3)N([C@H]3C[C@@H](N5C[C@H]6CC[C@@H]5C6)C3)C(=O)C43CCN(C(C)=O)CC3)cc3ncn(C4CC4)c23)ccc1C. The molecule has 11 heteroatoms. The molecule has 3 amide bonds. The van der Waals surface area contributed by atoms with E-state index in [1.807, 2.05) is 36.4 Å². The van der Waals surface area contributed by atoms with Gasteiger partial charge in [0.25, 0.3) is 5.91 Å². The molecule has 2 bridgehead atoms. The van der Waals surface area contributed by atoms with E-state index in [2.05, 4.69) is 49.3 Å². The number of nitrogens with one attached hydrogen (secondary N) is 2. The van der Waals surface area contributed by atoms with Gasteiger partial charge in [0.15, 0.2) is 5.82 Å². The zero-order valence-electron chi connectivity index (χ0n) is 30.9. The van der Waals surface area contributed by atoms with Gasteiger partial charge in [-0.1, -0.05) is 18.2 Å². The molecule has 6 aliphatic rings. The summed E-state index contributed by atoms with van der Waals surface area (Å²) in [5.41, 5.74) is 7.29. The van der Waals surface area contributed by atoms with Crippen molar-refractivity contribution in [1.82, 2.24) is 29.7 Å². The van der Waals surface area contributed by atoms with E-state index in [9.17, 15) is 14.4 Å². The zero-order valence-corrected chi connectivity index (χ0v) is 30.9. The first-order valence-corrected chi connectivity index (χ1v) is 19.7. The number of imidazole rings is 1. The van der Waals surface area contributed by atoms with Crippen LogP contribution < -0.4 is 15.5 Å². The van der Waals surface area contributed by atoms with Crippen molar-refractivity contribution in [3.63, 3.8) is 0 Å². The Bertz CT molecular complexity index is 2180. The molecule has 3 aliphatic heterocycles. The van der Waals surface area contributed by atoms with E-state index in [-0.39, 0.29) is 23.8 Å². The number of rotatable bonds is 7. The van der Waals surface area contributed by atoms with Crippen molar-refractivity contribution in [2.45, 2.75) is 101 Å². The molecule has 5 heterocycles. The first-order chi connectivity index (χ1) is 25.7. The molecule has 2 saturated heterocycles. The Morgan fingerprint density at radius 2 is 1.70 bits per heavy atom. The highest BCUT2D eigenvalue weighted by Gasteiger charge is 2.56. The first-order valence-electron chi connectivity index (χ1n) is 19.7. The number of benzene rings is 2. The molecule has 53 heavy (non-hydrogen) atoms. The summed E-state index contributed by atoms with van der Waals surface area (Å²) in [6.45, 7) is 5.97. The second kappa shape index (κ2) is 12.1. The molecule has 10 rings (SSSR count). The highest BCUT2D eigenvalue weighted by molar-refractivity contribution is 6.09. The predicted octanol–water partition coefficient (Wildman–Crippen LogP) is 6.09. The van der Waals surface area contributed by atoms with Crippen LogP contribution in [0.3, 0.4) is 0 Å². The Morgan fingerprint density at radius 3 is 2.40 bits per heavy atom. The van der Waals surface area contributed by atoms with E-state index in [0.717, 1.165) is 82.4 Å². The van der Waals surface area contributed by atoms with Crippen molar-refractivity contribution in [2.24, 2.45) is 5.92 Å². The Morgan fingerprint density at radius 1 is 0.906 bits per heavy atom. The van der Waals surface area contributed by atoms with Crippen molar-refractivity contribution in [2.75, 3.05) is 36.9 Å². The number of likely N-dealkylation sites (tertiary alicyclic amines) is 2. The number of fused-ring (bicyclic) bond motifs is 5. The van der Waals surface area contributed by atoms with Gasteiger partial charge in [-0.2, -0.15) is 0 Å². The topological polar surface area (TPSA) is 116 Å². The second-order valence-corrected chi connectivity index (χ2v) is 16.6. The quantitative estimate of drug-likeness (QED) is 0.239. The monoisotopic (exact) mass is 712 g/mol. The molecule has 2 aromatic carbocycles. The number of aromatic nitrogens is 3. The number of amides is 3. The van der Waals surface area contributed by atoms with Crippen LogP contribution in [-0.4, -0.2) is 86.9 Å². The zero-order chi connectivity index (χ0) is 36.2. The number of aryl methyl sites for hydroxylation is 1. The van der Waals surface area contributed by atoms with Crippen LogP contribution in [0.1, 0.15) is 92.2 Å². The minimum absolute atomic E-state index is 0.0740. The van der Waals surface area contributed by atoms with Crippen LogP contribution in [0.15, 0.2) is 48.8 Å². The van der Waals surface area contributed by atoms with Crippen LogP contribution in [0.25, 0.3) is 22.3 Å². The molecule has 4 aromatic rings. The number of pyridine rings is 1. The molecule has 2 aromatic heterocycles. The van der Waals surface area contributed by atoms with Gasteiger partial charge in [0.2, 0.25) is 11.8 Å².